The van der Waals surface area contributed by atoms with Gasteiger partial charge in [-0.05, 0) is 24.1 Å². The van der Waals surface area contributed by atoms with Crippen LogP contribution in [-0.2, 0) is 11.2 Å². The molecule has 2 amide bonds. The monoisotopic (exact) mass is 278 g/mol. The minimum absolute atomic E-state index is 0.0375. The minimum Gasteiger partial charge on any atom is -0.480 e. The van der Waals surface area contributed by atoms with E-state index >= 15 is 0 Å². The number of carbonyl (C=O) groups excluding carboxylic acids is 1. The Morgan fingerprint density at radius 1 is 1.35 bits per heavy atom. The fourth-order valence-electron chi connectivity index (χ4n) is 2.29. The summed E-state index contributed by atoms with van der Waals surface area (Å²) >= 11 is 0. The Labute approximate surface area is 117 Å². The zero-order chi connectivity index (χ0) is 14.7. The molecule has 108 valence electrons. The number of urea groups is 1. The van der Waals surface area contributed by atoms with Crippen LogP contribution in [0.15, 0.2) is 24.3 Å². The van der Waals surface area contributed by atoms with Crippen molar-refractivity contribution in [3.63, 3.8) is 0 Å². The Hall–Kier alpha value is -2.08. The van der Waals surface area contributed by atoms with Crippen molar-refractivity contribution < 1.29 is 19.8 Å². The molecule has 6 heteroatoms. The summed E-state index contributed by atoms with van der Waals surface area (Å²) in [5.41, 5.74) is 1.76. The lowest BCUT2D eigenvalue weighted by molar-refractivity contribution is -0.141. The predicted molar refractivity (Wildman–Crippen MR) is 73.6 cm³/mol. The van der Waals surface area contributed by atoms with Gasteiger partial charge in [0.15, 0.2) is 0 Å². The highest BCUT2D eigenvalue weighted by Gasteiger charge is 2.38. The van der Waals surface area contributed by atoms with Crippen molar-refractivity contribution in [3.8, 4) is 0 Å². The number of hydrogen-bond donors (Lipinski definition) is 3. The van der Waals surface area contributed by atoms with E-state index in [2.05, 4.69) is 5.32 Å². The van der Waals surface area contributed by atoms with Gasteiger partial charge in [-0.3, -0.25) is 0 Å². The number of nitrogens with one attached hydrogen (secondary N) is 1. The van der Waals surface area contributed by atoms with Gasteiger partial charge in [0.25, 0.3) is 0 Å². The fourth-order valence-corrected chi connectivity index (χ4v) is 2.29. The SMILES string of the molecule is CCc1ccc(NC(=O)N2C[C@H](O)C[C@@H]2C(=O)O)cc1. The third kappa shape index (κ3) is 3.08. The van der Waals surface area contributed by atoms with Gasteiger partial charge in [0.05, 0.1) is 6.10 Å². The van der Waals surface area contributed by atoms with E-state index in [1.807, 2.05) is 19.1 Å². The molecule has 0 spiro atoms. The maximum absolute atomic E-state index is 12.1. The van der Waals surface area contributed by atoms with Gasteiger partial charge in [-0.1, -0.05) is 19.1 Å². The summed E-state index contributed by atoms with van der Waals surface area (Å²) in [6, 6.07) is 5.89. The first-order chi connectivity index (χ1) is 9.51. The lowest BCUT2D eigenvalue weighted by Crippen LogP contribution is -2.43. The molecule has 2 atom stereocenters. The number of aliphatic hydroxyl groups excluding tert-OH is 1. The number of aryl methyl sites for hydroxylation is 1. The van der Waals surface area contributed by atoms with E-state index in [0.717, 1.165) is 16.9 Å². The maximum atomic E-state index is 12.1. The van der Waals surface area contributed by atoms with Crippen LogP contribution in [0.4, 0.5) is 10.5 Å². The van der Waals surface area contributed by atoms with Crippen LogP contribution in [0, 0.1) is 0 Å². The topological polar surface area (TPSA) is 89.9 Å². The second kappa shape index (κ2) is 5.92. The number of aliphatic hydroxyl groups is 1. The Morgan fingerprint density at radius 3 is 2.55 bits per heavy atom. The summed E-state index contributed by atoms with van der Waals surface area (Å²) in [6.07, 6.45) is 0.190. The number of amides is 2. The summed E-state index contributed by atoms with van der Waals surface area (Å²) in [5, 5.41) is 21.2. The summed E-state index contributed by atoms with van der Waals surface area (Å²) in [7, 11) is 0. The molecule has 0 aromatic heterocycles. The van der Waals surface area contributed by atoms with Gasteiger partial charge in [0, 0.05) is 18.7 Å². The van der Waals surface area contributed by atoms with E-state index in [1.54, 1.807) is 12.1 Å². The normalized spacial score (nSPS) is 21.8. The number of likely N-dealkylation sites (tertiary alicyclic amines) is 1. The van der Waals surface area contributed by atoms with Gasteiger partial charge in [0.2, 0.25) is 0 Å². The van der Waals surface area contributed by atoms with Crippen LogP contribution in [0.2, 0.25) is 0 Å². The number of carboxylic acid groups (broad SMARTS) is 1. The molecule has 0 unspecified atom stereocenters. The number of aliphatic carboxylic acids is 1. The van der Waals surface area contributed by atoms with E-state index in [-0.39, 0.29) is 13.0 Å². The molecule has 1 saturated heterocycles. The summed E-state index contributed by atoms with van der Waals surface area (Å²) in [6.45, 7) is 2.08. The van der Waals surface area contributed by atoms with Gasteiger partial charge in [-0.25, -0.2) is 9.59 Å². The molecule has 0 aliphatic carbocycles. The number of anilines is 1. The van der Waals surface area contributed by atoms with Gasteiger partial charge < -0.3 is 20.4 Å². The van der Waals surface area contributed by atoms with Crippen LogP contribution >= 0.6 is 0 Å². The summed E-state index contributed by atoms with van der Waals surface area (Å²) in [4.78, 5) is 24.3. The fraction of sp³-hybridized carbons (Fsp3) is 0.429. The number of carboxylic acids is 1. The largest absolute Gasteiger partial charge is 0.480 e. The third-order valence-electron chi connectivity index (χ3n) is 3.44. The van der Waals surface area contributed by atoms with Crippen LogP contribution < -0.4 is 5.32 Å². The van der Waals surface area contributed by atoms with Gasteiger partial charge >= 0.3 is 12.0 Å². The van der Waals surface area contributed by atoms with Crippen LogP contribution in [0.3, 0.4) is 0 Å². The number of hydrogen-bond acceptors (Lipinski definition) is 3. The number of β-amino-alcohol motifs (C(OH)–C–C–N with tert-alkyl or cyclic N) is 1. The molecule has 2 rings (SSSR count). The van der Waals surface area contributed by atoms with Crippen LogP contribution in [0.5, 0.6) is 0 Å². The Balaban J connectivity index is 2.04. The zero-order valence-electron chi connectivity index (χ0n) is 11.2. The molecular weight excluding hydrogens is 260 g/mol. The van der Waals surface area contributed by atoms with Gasteiger partial charge in [-0.15, -0.1) is 0 Å². The highest BCUT2D eigenvalue weighted by atomic mass is 16.4. The van der Waals surface area contributed by atoms with Crippen molar-refractivity contribution >= 4 is 17.7 Å². The molecule has 1 fully saturated rings. The van der Waals surface area contributed by atoms with E-state index < -0.39 is 24.1 Å². The Morgan fingerprint density at radius 2 is 2.00 bits per heavy atom. The zero-order valence-corrected chi connectivity index (χ0v) is 11.2. The van der Waals surface area contributed by atoms with Crippen molar-refractivity contribution in [2.45, 2.75) is 31.9 Å². The lowest BCUT2D eigenvalue weighted by Gasteiger charge is -2.21. The standard InChI is InChI=1S/C14H18N2O4/c1-2-9-3-5-10(6-4-9)15-14(20)16-8-11(17)7-12(16)13(18)19/h3-6,11-12,17H,2,7-8H2,1H3,(H,15,20)(H,18,19)/t11-,12-/m1/s1. The average Bonchev–Trinajstić information content (AvgIpc) is 2.82. The molecule has 6 nitrogen and oxygen atoms in total. The first-order valence-electron chi connectivity index (χ1n) is 6.58. The Kier molecular flexibility index (Phi) is 4.24. The molecular formula is C14H18N2O4. The second-order valence-electron chi connectivity index (χ2n) is 4.88. The molecule has 0 radical (unpaired) electrons. The maximum Gasteiger partial charge on any atom is 0.326 e. The number of nitrogens with zero attached hydrogens (tertiary/aromatic N) is 1. The lowest BCUT2D eigenvalue weighted by atomic mass is 10.1. The molecule has 0 bridgehead atoms. The molecule has 1 aliphatic heterocycles. The summed E-state index contributed by atoms with van der Waals surface area (Å²) in [5.74, 6) is -1.10. The van der Waals surface area contributed by atoms with Gasteiger partial charge in [-0.2, -0.15) is 0 Å². The number of benzene rings is 1. The highest BCUT2D eigenvalue weighted by molar-refractivity contribution is 5.92. The molecule has 20 heavy (non-hydrogen) atoms. The molecule has 1 aromatic rings. The number of rotatable bonds is 3. The van der Waals surface area contributed by atoms with Crippen molar-refractivity contribution in [2.24, 2.45) is 0 Å². The minimum atomic E-state index is -1.10. The molecule has 1 aliphatic rings. The van der Waals surface area contributed by atoms with E-state index in [1.165, 1.54) is 0 Å². The summed E-state index contributed by atoms with van der Waals surface area (Å²) < 4.78 is 0. The average molecular weight is 278 g/mol. The first-order valence-corrected chi connectivity index (χ1v) is 6.58. The van der Waals surface area contributed by atoms with Crippen molar-refractivity contribution in [3.05, 3.63) is 29.8 Å². The third-order valence-corrected chi connectivity index (χ3v) is 3.44. The Bertz CT molecular complexity index is 500. The van der Waals surface area contributed by atoms with Crippen LogP contribution in [-0.4, -0.2) is 45.8 Å². The number of carbonyl (C=O) groups is 2. The first kappa shape index (κ1) is 14.3. The highest BCUT2D eigenvalue weighted by Crippen LogP contribution is 2.20. The predicted octanol–water partition coefficient (Wildman–Crippen LogP) is 1.30. The van der Waals surface area contributed by atoms with E-state index in [4.69, 9.17) is 5.11 Å². The second-order valence-corrected chi connectivity index (χ2v) is 4.88. The smallest absolute Gasteiger partial charge is 0.326 e. The van der Waals surface area contributed by atoms with E-state index in [9.17, 15) is 14.7 Å². The molecule has 3 N–H and O–H groups in total. The van der Waals surface area contributed by atoms with Crippen LogP contribution in [0.1, 0.15) is 18.9 Å². The van der Waals surface area contributed by atoms with Crippen molar-refractivity contribution in [2.75, 3.05) is 11.9 Å². The quantitative estimate of drug-likeness (QED) is 0.777. The molecule has 1 heterocycles. The van der Waals surface area contributed by atoms with Crippen LogP contribution in [0.25, 0.3) is 0 Å². The van der Waals surface area contributed by atoms with Crippen molar-refractivity contribution in [1.29, 1.82) is 0 Å². The van der Waals surface area contributed by atoms with Crippen molar-refractivity contribution in [1.82, 2.24) is 4.90 Å². The molecule has 1 aromatic carbocycles. The van der Waals surface area contributed by atoms with E-state index in [0.29, 0.717) is 5.69 Å². The van der Waals surface area contributed by atoms with Gasteiger partial charge in [0.1, 0.15) is 6.04 Å². The molecule has 0 saturated carbocycles.